The third-order valence-electron chi connectivity index (χ3n) is 2.46. The van der Waals surface area contributed by atoms with Crippen LogP contribution in [0.15, 0.2) is 36.5 Å². The fourth-order valence-corrected chi connectivity index (χ4v) is 2.10. The second kappa shape index (κ2) is 6.81. The van der Waals surface area contributed by atoms with Gasteiger partial charge < -0.3 is 0 Å². The number of hydrogen-bond donors (Lipinski definition) is 1. The molecule has 0 radical (unpaired) electrons. The highest BCUT2D eigenvalue weighted by Crippen LogP contribution is 2.19. The maximum Gasteiger partial charge on any atom is 0.185 e. The fourth-order valence-electron chi connectivity index (χ4n) is 1.61. The van der Waals surface area contributed by atoms with E-state index in [0.717, 1.165) is 22.6 Å². The molecular weight excluding hydrogens is 256 g/mol. The van der Waals surface area contributed by atoms with Crippen molar-refractivity contribution in [3.05, 3.63) is 42.1 Å². The summed E-state index contributed by atoms with van der Waals surface area (Å²) in [5.74, 6) is 6.90. The summed E-state index contributed by atoms with van der Waals surface area (Å²) in [6, 6.07) is 9.98. The lowest BCUT2D eigenvalue weighted by molar-refractivity contribution is -0.109. The van der Waals surface area contributed by atoms with Crippen LogP contribution in [-0.2, 0) is 4.79 Å². The number of nitrogens with zero attached hydrogens (tertiary/aromatic N) is 1. The second-order valence-electron chi connectivity index (χ2n) is 3.92. The Morgan fingerprint density at radius 3 is 2.89 bits per heavy atom. The molecule has 0 saturated heterocycles. The quantitative estimate of drug-likeness (QED) is 0.688. The van der Waals surface area contributed by atoms with E-state index in [1.54, 1.807) is 13.1 Å². The summed E-state index contributed by atoms with van der Waals surface area (Å²) in [5, 5.41) is 7.14. The number of carbonyl (C=O) groups is 1. The molecule has 0 aliphatic heterocycles. The van der Waals surface area contributed by atoms with Gasteiger partial charge >= 0.3 is 0 Å². The van der Waals surface area contributed by atoms with E-state index in [1.165, 1.54) is 11.8 Å². The largest absolute Gasteiger partial charge is 0.288 e. The molecule has 1 N–H and O–H groups in total. The number of nitrogens with one attached hydrogen (secondary N) is 1. The average molecular weight is 270 g/mol. The van der Waals surface area contributed by atoms with E-state index in [0.29, 0.717) is 6.42 Å². The Labute approximate surface area is 116 Å². The van der Waals surface area contributed by atoms with Crippen molar-refractivity contribution in [2.24, 2.45) is 0 Å². The lowest BCUT2D eigenvalue weighted by atomic mass is 10.1. The van der Waals surface area contributed by atoms with Crippen LogP contribution in [0.1, 0.15) is 18.9 Å². The molecule has 0 amide bonds. The summed E-state index contributed by atoms with van der Waals surface area (Å²) in [6.45, 7) is 1.57. The molecular formula is C15H14N2OS. The first kappa shape index (κ1) is 13.4. The molecule has 0 atom stereocenters. The monoisotopic (exact) mass is 270 g/mol. The maximum atomic E-state index is 10.8. The van der Waals surface area contributed by atoms with Crippen LogP contribution in [0.4, 0.5) is 0 Å². The minimum Gasteiger partial charge on any atom is -0.288 e. The summed E-state index contributed by atoms with van der Waals surface area (Å²) in [5.41, 5.74) is 2.90. The highest BCUT2D eigenvalue weighted by molar-refractivity contribution is 8.13. The van der Waals surface area contributed by atoms with Crippen LogP contribution in [0.5, 0.6) is 0 Å². The zero-order valence-electron chi connectivity index (χ0n) is 10.6. The Bertz CT molecular complexity index is 608. The number of aromatic amines is 1. The van der Waals surface area contributed by atoms with E-state index < -0.39 is 0 Å². The van der Waals surface area contributed by atoms with Crippen LogP contribution in [0.25, 0.3) is 11.3 Å². The lowest BCUT2D eigenvalue weighted by Crippen LogP contribution is -1.84. The molecule has 3 nitrogen and oxygen atoms in total. The predicted octanol–water partition coefficient (Wildman–Crippen LogP) is 3.10. The van der Waals surface area contributed by atoms with Crippen molar-refractivity contribution in [3.63, 3.8) is 0 Å². The smallest absolute Gasteiger partial charge is 0.185 e. The third kappa shape index (κ3) is 4.01. The van der Waals surface area contributed by atoms with Crippen molar-refractivity contribution < 1.29 is 4.79 Å². The minimum atomic E-state index is 0.134. The van der Waals surface area contributed by atoms with E-state index in [9.17, 15) is 4.79 Å². The topological polar surface area (TPSA) is 45.8 Å². The maximum absolute atomic E-state index is 10.8. The van der Waals surface area contributed by atoms with Crippen LogP contribution in [-0.4, -0.2) is 21.1 Å². The van der Waals surface area contributed by atoms with Crippen molar-refractivity contribution in [1.29, 1.82) is 0 Å². The van der Waals surface area contributed by atoms with E-state index in [4.69, 9.17) is 0 Å². The molecule has 0 bridgehead atoms. The number of carbonyl (C=O) groups excluding carboxylic acids is 1. The molecule has 19 heavy (non-hydrogen) atoms. The van der Waals surface area contributed by atoms with Gasteiger partial charge in [-0.15, -0.1) is 0 Å². The van der Waals surface area contributed by atoms with E-state index in [1.807, 2.05) is 30.3 Å². The van der Waals surface area contributed by atoms with Crippen molar-refractivity contribution in [3.8, 4) is 23.1 Å². The summed E-state index contributed by atoms with van der Waals surface area (Å²) < 4.78 is 0. The predicted molar refractivity (Wildman–Crippen MR) is 78.7 cm³/mol. The summed E-state index contributed by atoms with van der Waals surface area (Å²) in [7, 11) is 0. The number of benzene rings is 1. The summed E-state index contributed by atoms with van der Waals surface area (Å²) >= 11 is 1.30. The fraction of sp³-hybridized carbons (Fsp3) is 0.200. The van der Waals surface area contributed by atoms with Gasteiger partial charge in [0, 0.05) is 24.7 Å². The molecule has 0 aliphatic carbocycles. The molecule has 4 heteroatoms. The van der Waals surface area contributed by atoms with Crippen LogP contribution in [0.2, 0.25) is 0 Å². The Hall–Kier alpha value is -1.99. The van der Waals surface area contributed by atoms with Gasteiger partial charge in [0.2, 0.25) is 0 Å². The normalized spacial score (nSPS) is 9.74. The molecule has 2 rings (SSSR count). The highest BCUT2D eigenvalue weighted by atomic mass is 32.2. The first-order chi connectivity index (χ1) is 9.27. The molecule has 0 fully saturated rings. The van der Waals surface area contributed by atoms with Crippen molar-refractivity contribution in [2.45, 2.75) is 13.3 Å². The highest BCUT2D eigenvalue weighted by Gasteiger charge is 2.04. The van der Waals surface area contributed by atoms with E-state index in [-0.39, 0.29) is 5.12 Å². The molecule has 1 aromatic heterocycles. The van der Waals surface area contributed by atoms with E-state index in [2.05, 4.69) is 22.0 Å². The Kier molecular flexibility index (Phi) is 4.82. The molecule has 1 aromatic carbocycles. The summed E-state index contributed by atoms with van der Waals surface area (Å²) in [6.07, 6.45) is 2.43. The summed E-state index contributed by atoms with van der Waals surface area (Å²) in [4.78, 5) is 10.8. The van der Waals surface area contributed by atoms with Crippen LogP contribution >= 0.6 is 11.8 Å². The third-order valence-corrected chi connectivity index (χ3v) is 3.27. The van der Waals surface area contributed by atoms with Crippen LogP contribution in [0, 0.1) is 11.8 Å². The molecule has 0 aliphatic rings. The van der Waals surface area contributed by atoms with Gasteiger partial charge in [-0.25, -0.2) is 0 Å². The number of hydrogen-bond acceptors (Lipinski definition) is 3. The van der Waals surface area contributed by atoms with Crippen molar-refractivity contribution in [2.75, 3.05) is 5.75 Å². The van der Waals surface area contributed by atoms with Gasteiger partial charge in [-0.05, 0) is 0 Å². The van der Waals surface area contributed by atoms with E-state index >= 15 is 0 Å². The SMILES string of the molecule is CC(=O)SCCC#Cc1cn[nH]c1-c1ccccc1. The lowest BCUT2D eigenvalue weighted by Gasteiger charge is -1.97. The second-order valence-corrected chi connectivity index (χ2v) is 5.19. The van der Waals surface area contributed by atoms with Crippen molar-refractivity contribution in [1.82, 2.24) is 10.2 Å². The van der Waals surface area contributed by atoms with Crippen LogP contribution < -0.4 is 0 Å². The molecule has 0 saturated carbocycles. The van der Waals surface area contributed by atoms with Crippen molar-refractivity contribution >= 4 is 16.9 Å². The zero-order valence-corrected chi connectivity index (χ0v) is 11.5. The van der Waals surface area contributed by atoms with Gasteiger partial charge in [0.05, 0.1) is 17.5 Å². The number of H-pyrrole nitrogens is 1. The zero-order chi connectivity index (χ0) is 13.5. The number of rotatable bonds is 3. The molecule has 96 valence electrons. The van der Waals surface area contributed by atoms with Gasteiger partial charge in [-0.1, -0.05) is 53.9 Å². The van der Waals surface area contributed by atoms with Gasteiger partial charge in [0.25, 0.3) is 0 Å². The van der Waals surface area contributed by atoms with Crippen LogP contribution in [0.3, 0.4) is 0 Å². The minimum absolute atomic E-state index is 0.134. The van der Waals surface area contributed by atoms with Gasteiger partial charge in [-0.3, -0.25) is 9.89 Å². The number of aromatic nitrogens is 2. The Morgan fingerprint density at radius 2 is 2.16 bits per heavy atom. The molecule has 0 unspecified atom stereocenters. The molecule has 2 aromatic rings. The van der Waals surface area contributed by atoms with Gasteiger partial charge in [0.1, 0.15) is 0 Å². The average Bonchev–Trinajstić information content (AvgIpc) is 2.87. The molecule has 0 spiro atoms. The number of thioether (sulfide) groups is 1. The Balaban J connectivity index is 2.05. The van der Waals surface area contributed by atoms with Gasteiger partial charge in [0.15, 0.2) is 5.12 Å². The molecule has 1 heterocycles. The first-order valence-corrected chi connectivity index (χ1v) is 6.97. The standard InChI is InChI=1S/C15H14N2OS/c1-12(18)19-10-6-5-9-14-11-16-17-15(14)13-7-3-2-4-8-13/h2-4,7-8,11H,6,10H2,1H3,(H,16,17). The van der Waals surface area contributed by atoms with Gasteiger partial charge in [-0.2, -0.15) is 5.10 Å². The Morgan fingerprint density at radius 1 is 1.37 bits per heavy atom. The first-order valence-electron chi connectivity index (χ1n) is 5.98.